The normalized spacial score (nSPS) is 13.3. The van der Waals surface area contributed by atoms with Crippen molar-refractivity contribution < 1.29 is 4.79 Å². The van der Waals surface area contributed by atoms with Gasteiger partial charge in [0.25, 0.3) is 5.91 Å². The van der Waals surface area contributed by atoms with Crippen molar-refractivity contribution in [1.29, 1.82) is 0 Å². The molecule has 5 rings (SSSR count). The van der Waals surface area contributed by atoms with Crippen LogP contribution in [0, 0.1) is 6.92 Å². The Morgan fingerprint density at radius 1 is 1.00 bits per heavy atom. The van der Waals surface area contributed by atoms with Crippen LogP contribution in [0.15, 0.2) is 54.6 Å². The SMILES string of the molecule is Cc1nn(C)c2sc(C(=O)N3Cc4ccccc4-c4ccccc4C3)cc12. The van der Waals surface area contributed by atoms with Gasteiger partial charge in [-0.25, -0.2) is 0 Å². The van der Waals surface area contributed by atoms with Gasteiger partial charge in [0.05, 0.1) is 10.6 Å². The van der Waals surface area contributed by atoms with Crippen LogP contribution in [0.5, 0.6) is 0 Å². The highest BCUT2D eigenvalue weighted by Crippen LogP contribution is 2.34. The summed E-state index contributed by atoms with van der Waals surface area (Å²) in [5.74, 6) is 0.0853. The lowest BCUT2D eigenvalue weighted by molar-refractivity contribution is 0.0737. The summed E-state index contributed by atoms with van der Waals surface area (Å²) < 4.78 is 1.86. The number of amides is 1. The Morgan fingerprint density at radius 2 is 1.59 bits per heavy atom. The molecule has 1 aliphatic rings. The Morgan fingerprint density at radius 3 is 2.19 bits per heavy atom. The zero-order valence-corrected chi connectivity index (χ0v) is 16.1. The van der Waals surface area contributed by atoms with Gasteiger partial charge in [-0.2, -0.15) is 5.10 Å². The molecular weight excluding hydrogens is 354 g/mol. The molecule has 0 saturated carbocycles. The lowest BCUT2D eigenvalue weighted by Crippen LogP contribution is -2.28. The van der Waals surface area contributed by atoms with Gasteiger partial charge < -0.3 is 4.90 Å². The monoisotopic (exact) mass is 373 g/mol. The summed E-state index contributed by atoms with van der Waals surface area (Å²) in [5.41, 5.74) is 5.79. The lowest BCUT2D eigenvalue weighted by Gasteiger charge is -2.20. The number of carbonyl (C=O) groups is 1. The Hall–Kier alpha value is -2.92. The van der Waals surface area contributed by atoms with E-state index in [1.54, 1.807) is 0 Å². The summed E-state index contributed by atoms with van der Waals surface area (Å²) >= 11 is 1.53. The number of aromatic nitrogens is 2. The van der Waals surface area contributed by atoms with Crippen LogP contribution in [0.2, 0.25) is 0 Å². The first-order chi connectivity index (χ1) is 13.1. The average Bonchev–Trinajstić information content (AvgIpc) is 3.17. The number of carbonyl (C=O) groups excluding carboxylic acids is 1. The van der Waals surface area contributed by atoms with E-state index in [4.69, 9.17) is 0 Å². The molecule has 0 aliphatic carbocycles. The van der Waals surface area contributed by atoms with Crippen LogP contribution in [-0.2, 0) is 20.1 Å². The number of hydrogen-bond acceptors (Lipinski definition) is 3. The van der Waals surface area contributed by atoms with Crippen LogP contribution in [-0.4, -0.2) is 20.6 Å². The summed E-state index contributed by atoms with van der Waals surface area (Å²) in [6, 6.07) is 18.8. The van der Waals surface area contributed by atoms with Crippen molar-refractivity contribution >= 4 is 27.5 Å². The molecule has 134 valence electrons. The summed E-state index contributed by atoms with van der Waals surface area (Å²) in [4.78, 5) is 17.1. The average molecular weight is 373 g/mol. The second-order valence-corrected chi connectivity index (χ2v) is 8.04. The Balaban J connectivity index is 1.59. The summed E-state index contributed by atoms with van der Waals surface area (Å²) in [6.45, 7) is 3.23. The molecule has 5 heteroatoms. The number of fused-ring (bicyclic) bond motifs is 4. The van der Waals surface area contributed by atoms with Crippen molar-refractivity contribution in [3.8, 4) is 11.1 Å². The third kappa shape index (κ3) is 2.58. The molecule has 0 fully saturated rings. The number of hydrogen-bond donors (Lipinski definition) is 0. The van der Waals surface area contributed by atoms with Crippen LogP contribution in [0.25, 0.3) is 21.3 Å². The molecular formula is C22H19N3OS. The molecule has 0 bridgehead atoms. The molecule has 1 aliphatic heterocycles. The summed E-state index contributed by atoms with van der Waals surface area (Å²) in [5, 5.41) is 5.51. The Bertz CT molecular complexity index is 1110. The largest absolute Gasteiger partial charge is 0.329 e. The maximum absolute atomic E-state index is 13.4. The predicted octanol–water partition coefficient (Wildman–Crippen LogP) is 4.77. The molecule has 2 aromatic carbocycles. The van der Waals surface area contributed by atoms with Gasteiger partial charge >= 0.3 is 0 Å². The second-order valence-electron chi connectivity index (χ2n) is 7.01. The molecule has 4 aromatic rings. The van der Waals surface area contributed by atoms with E-state index in [-0.39, 0.29) is 5.91 Å². The van der Waals surface area contributed by atoms with Gasteiger partial charge in [0.2, 0.25) is 0 Å². The highest BCUT2D eigenvalue weighted by atomic mass is 32.1. The third-order valence-corrected chi connectivity index (χ3v) is 6.43. The fraction of sp³-hybridized carbons (Fsp3) is 0.182. The number of benzene rings is 2. The molecule has 27 heavy (non-hydrogen) atoms. The van der Waals surface area contributed by atoms with Gasteiger partial charge in [-0.1, -0.05) is 48.5 Å². The van der Waals surface area contributed by atoms with Crippen LogP contribution in [0.3, 0.4) is 0 Å². The fourth-order valence-corrected chi connectivity index (χ4v) is 5.01. The molecule has 0 saturated heterocycles. The Labute approximate surface area is 161 Å². The van der Waals surface area contributed by atoms with E-state index in [1.165, 1.54) is 33.6 Å². The molecule has 0 radical (unpaired) electrons. The quantitative estimate of drug-likeness (QED) is 0.482. The second kappa shape index (κ2) is 6.06. The molecule has 0 N–H and O–H groups in total. The van der Waals surface area contributed by atoms with Crippen LogP contribution < -0.4 is 0 Å². The van der Waals surface area contributed by atoms with Crippen molar-refractivity contribution in [2.24, 2.45) is 7.05 Å². The minimum Gasteiger partial charge on any atom is -0.329 e. The van der Waals surface area contributed by atoms with Gasteiger partial charge in [0.15, 0.2) is 0 Å². The van der Waals surface area contributed by atoms with Crippen molar-refractivity contribution in [3.05, 3.63) is 76.3 Å². The van der Waals surface area contributed by atoms with Gasteiger partial charge in [-0.15, -0.1) is 11.3 Å². The molecule has 1 amide bonds. The van der Waals surface area contributed by atoms with E-state index in [9.17, 15) is 4.79 Å². The molecule has 0 unspecified atom stereocenters. The zero-order chi connectivity index (χ0) is 18.5. The van der Waals surface area contributed by atoms with E-state index < -0.39 is 0 Å². The smallest absolute Gasteiger partial charge is 0.264 e. The molecule has 2 aromatic heterocycles. The summed E-state index contributed by atoms with van der Waals surface area (Å²) in [7, 11) is 1.93. The molecule has 0 atom stereocenters. The third-order valence-electron chi connectivity index (χ3n) is 5.24. The van der Waals surface area contributed by atoms with E-state index in [2.05, 4.69) is 41.5 Å². The molecule has 3 heterocycles. The molecule has 0 spiro atoms. The standard InChI is InChI=1S/C22H19N3OS/c1-14-19-11-20(27-22(19)24(2)23-14)21(26)25-12-15-7-3-5-9-17(15)18-10-6-4-8-16(18)13-25/h3-11H,12-13H2,1-2H3. The van der Waals surface area contributed by atoms with E-state index >= 15 is 0 Å². The van der Waals surface area contributed by atoms with E-state index in [0.717, 1.165) is 20.8 Å². The number of rotatable bonds is 1. The first-order valence-corrected chi connectivity index (χ1v) is 9.82. The first-order valence-electron chi connectivity index (χ1n) is 9.00. The van der Waals surface area contributed by atoms with Crippen molar-refractivity contribution in [3.63, 3.8) is 0 Å². The maximum atomic E-state index is 13.4. The maximum Gasteiger partial charge on any atom is 0.264 e. The van der Waals surface area contributed by atoms with Crippen molar-refractivity contribution in [2.45, 2.75) is 20.0 Å². The first kappa shape index (κ1) is 16.3. The van der Waals surface area contributed by atoms with Gasteiger partial charge in [-0.05, 0) is 35.2 Å². The lowest BCUT2D eigenvalue weighted by atomic mass is 9.97. The van der Waals surface area contributed by atoms with Crippen molar-refractivity contribution in [2.75, 3.05) is 0 Å². The van der Waals surface area contributed by atoms with Crippen LogP contribution in [0.1, 0.15) is 26.5 Å². The van der Waals surface area contributed by atoms with Crippen molar-refractivity contribution in [1.82, 2.24) is 14.7 Å². The van der Waals surface area contributed by atoms with Crippen LogP contribution in [0.4, 0.5) is 0 Å². The van der Waals surface area contributed by atoms with E-state index in [0.29, 0.717) is 13.1 Å². The Kier molecular flexibility index (Phi) is 3.65. The highest BCUT2D eigenvalue weighted by Gasteiger charge is 2.25. The number of nitrogens with zero attached hydrogens (tertiary/aromatic N) is 3. The number of aryl methyl sites for hydroxylation is 2. The van der Waals surface area contributed by atoms with Gasteiger partial charge in [0.1, 0.15) is 4.83 Å². The zero-order valence-electron chi connectivity index (χ0n) is 15.3. The predicted molar refractivity (Wildman–Crippen MR) is 109 cm³/mol. The topological polar surface area (TPSA) is 38.1 Å². The van der Waals surface area contributed by atoms with E-state index in [1.807, 2.05) is 41.8 Å². The van der Waals surface area contributed by atoms with Gasteiger partial charge in [0, 0.05) is 25.5 Å². The highest BCUT2D eigenvalue weighted by molar-refractivity contribution is 7.20. The fourth-order valence-electron chi connectivity index (χ4n) is 3.92. The minimum absolute atomic E-state index is 0.0853. The number of thiophene rings is 1. The van der Waals surface area contributed by atoms with Gasteiger partial charge in [-0.3, -0.25) is 9.48 Å². The summed E-state index contributed by atoms with van der Waals surface area (Å²) in [6.07, 6.45) is 0. The van der Waals surface area contributed by atoms with Crippen LogP contribution >= 0.6 is 11.3 Å². The minimum atomic E-state index is 0.0853. The molecule has 4 nitrogen and oxygen atoms in total.